The number of hydrogen-bond acceptors (Lipinski definition) is 5. The lowest BCUT2D eigenvalue weighted by atomic mass is 10.1. The van der Waals surface area contributed by atoms with Gasteiger partial charge in [-0.15, -0.1) is 10.2 Å². The summed E-state index contributed by atoms with van der Waals surface area (Å²) in [5.74, 6) is 0.532. The summed E-state index contributed by atoms with van der Waals surface area (Å²) in [4.78, 5) is 12.4. The highest BCUT2D eigenvalue weighted by Crippen LogP contribution is 2.42. The Hall–Kier alpha value is -1.99. The van der Waals surface area contributed by atoms with Gasteiger partial charge < -0.3 is 9.88 Å². The van der Waals surface area contributed by atoms with E-state index in [2.05, 4.69) is 31.5 Å². The maximum absolute atomic E-state index is 12.4. The Morgan fingerprint density at radius 2 is 2.17 bits per heavy atom. The van der Waals surface area contributed by atoms with Crippen molar-refractivity contribution in [2.24, 2.45) is 0 Å². The van der Waals surface area contributed by atoms with Gasteiger partial charge in [-0.25, -0.2) is 0 Å². The smallest absolute Gasteiger partial charge is 0.228 e. The van der Waals surface area contributed by atoms with Crippen molar-refractivity contribution in [3.63, 3.8) is 0 Å². The van der Waals surface area contributed by atoms with E-state index in [1.54, 1.807) is 11.3 Å². The highest BCUT2D eigenvalue weighted by molar-refractivity contribution is 7.15. The van der Waals surface area contributed by atoms with Gasteiger partial charge in [0.25, 0.3) is 0 Å². The predicted molar refractivity (Wildman–Crippen MR) is 92.0 cm³/mol. The maximum atomic E-state index is 12.4. The fourth-order valence-corrected chi connectivity index (χ4v) is 4.18. The lowest BCUT2D eigenvalue weighted by Crippen LogP contribution is -2.19. The molecule has 23 heavy (non-hydrogen) atoms. The molecule has 3 heterocycles. The summed E-state index contributed by atoms with van der Waals surface area (Å²) in [5, 5.41) is 16.9. The Morgan fingerprint density at radius 1 is 1.35 bits per heavy atom. The molecule has 0 unspecified atom stereocenters. The molecule has 4 rings (SSSR count). The second kappa shape index (κ2) is 6.25. The van der Waals surface area contributed by atoms with Gasteiger partial charge in [0.2, 0.25) is 11.0 Å². The number of rotatable bonds is 6. The summed E-state index contributed by atoms with van der Waals surface area (Å²) in [6, 6.07) is 6.03. The molecule has 118 valence electrons. The fourth-order valence-electron chi connectivity index (χ4n) is 2.54. The van der Waals surface area contributed by atoms with Crippen molar-refractivity contribution in [1.82, 2.24) is 14.8 Å². The first-order valence-electron chi connectivity index (χ1n) is 7.57. The first-order chi connectivity index (χ1) is 11.3. The van der Waals surface area contributed by atoms with Crippen molar-refractivity contribution >= 4 is 33.7 Å². The zero-order valence-electron chi connectivity index (χ0n) is 12.4. The minimum absolute atomic E-state index is 0.00655. The molecular weight excluding hydrogens is 328 g/mol. The Bertz CT molecular complexity index is 741. The van der Waals surface area contributed by atoms with Crippen LogP contribution in [0.4, 0.5) is 5.13 Å². The van der Waals surface area contributed by atoms with Crippen molar-refractivity contribution in [2.45, 2.75) is 31.2 Å². The molecule has 0 saturated heterocycles. The van der Waals surface area contributed by atoms with Gasteiger partial charge in [0.05, 0.1) is 12.5 Å². The quantitative estimate of drug-likeness (QED) is 0.738. The molecule has 3 aromatic heterocycles. The van der Waals surface area contributed by atoms with Crippen LogP contribution in [0.2, 0.25) is 0 Å². The minimum atomic E-state index is -0.0339. The molecule has 0 aliphatic heterocycles. The molecule has 1 N–H and O–H groups in total. The van der Waals surface area contributed by atoms with Crippen LogP contribution in [0.1, 0.15) is 41.8 Å². The zero-order valence-corrected chi connectivity index (χ0v) is 14.0. The molecule has 0 bridgehead atoms. The molecule has 0 spiro atoms. The predicted octanol–water partition coefficient (Wildman–Crippen LogP) is 3.90. The summed E-state index contributed by atoms with van der Waals surface area (Å²) < 4.78 is 2.07. The Labute approximate surface area is 142 Å². The van der Waals surface area contributed by atoms with Gasteiger partial charge in [-0.1, -0.05) is 11.3 Å². The van der Waals surface area contributed by atoms with E-state index in [-0.39, 0.29) is 11.9 Å². The van der Waals surface area contributed by atoms with Crippen molar-refractivity contribution in [1.29, 1.82) is 0 Å². The average Bonchev–Trinajstić information content (AvgIpc) is 3.03. The van der Waals surface area contributed by atoms with E-state index in [9.17, 15) is 4.79 Å². The van der Waals surface area contributed by atoms with Crippen LogP contribution in [0.15, 0.2) is 41.4 Å². The van der Waals surface area contributed by atoms with Crippen molar-refractivity contribution in [3.05, 3.63) is 51.9 Å². The number of hydrogen-bond donors (Lipinski definition) is 1. The molecule has 1 aliphatic rings. The standard InChI is InChI=1S/C16H16N4OS2/c21-14(17-16-19-18-15(23-16)11-3-4-11)9-13(12-5-8-22-10-12)20-6-1-2-7-20/h1-2,5-8,10-11,13H,3-4,9H2,(H,17,19,21)/t13-/m0/s1. The van der Waals surface area contributed by atoms with Crippen LogP contribution in [-0.4, -0.2) is 20.7 Å². The molecule has 1 amide bonds. The van der Waals surface area contributed by atoms with E-state index in [4.69, 9.17) is 0 Å². The highest BCUT2D eigenvalue weighted by Gasteiger charge is 2.28. The van der Waals surface area contributed by atoms with E-state index >= 15 is 0 Å². The summed E-state index contributed by atoms with van der Waals surface area (Å²) in [6.45, 7) is 0. The third-order valence-corrected chi connectivity index (χ3v) is 5.61. The molecular formula is C16H16N4OS2. The summed E-state index contributed by atoms with van der Waals surface area (Å²) in [5.41, 5.74) is 1.15. The van der Waals surface area contributed by atoms with Crippen LogP contribution in [0.25, 0.3) is 0 Å². The Kier molecular flexibility index (Phi) is 3.97. The number of nitrogens with one attached hydrogen (secondary N) is 1. The van der Waals surface area contributed by atoms with Gasteiger partial charge in [0, 0.05) is 18.3 Å². The molecule has 0 radical (unpaired) electrons. The number of amides is 1. The monoisotopic (exact) mass is 344 g/mol. The minimum Gasteiger partial charge on any atom is -0.346 e. The first kappa shape index (κ1) is 14.6. The molecule has 0 aromatic carbocycles. The van der Waals surface area contributed by atoms with Crippen LogP contribution < -0.4 is 5.32 Å². The number of carbonyl (C=O) groups is 1. The summed E-state index contributed by atoms with van der Waals surface area (Å²) in [7, 11) is 0. The van der Waals surface area contributed by atoms with E-state index in [0.717, 1.165) is 10.6 Å². The average molecular weight is 344 g/mol. The van der Waals surface area contributed by atoms with Gasteiger partial charge in [-0.05, 0) is 47.4 Å². The lowest BCUT2D eigenvalue weighted by Gasteiger charge is -2.17. The maximum Gasteiger partial charge on any atom is 0.228 e. The number of anilines is 1. The first-order valence-corrected chi connectivity index (χ1v) is 9.33. The highest BCUT2D eigenvalue weighted by atomic mass is 32.1. The molecule has 1 fully saturated rings. The lowest BCUT2D eigenvalue weighted by molar-refractivity contribution is -0.116. The van der Waals surface area contributed by atoms with Gasteiger partial charge in [-0.3, -0.25) is 4.79 Å². The van der Waals surface area contributed by atoms with E-state index in [0.29, 0.717) is 17.5 Å². The van der Waals surface area contributed by atoms with E-state index in [1.165, 1.54) is 24.2 Å². The Balaban J connectivity index is 1.46. The number of aromatic nitrogens is 3. The Morgan fingerprint density at radius 3 is 2.87 bits per heavy atom. The third kappa shape index (κ3) is 3.35. The summed E-state index contributed by atoms with van der Waals surface area (Å²) >= 11 is 3.14. The molecule has 1 atom stereocenters. The fraction of sp³-hybridized carbons (Fsp3) is 0.312. The topological polar surface area (TPSA) is 59.8 Å². The van der Waals surface area contributed by atoms with Crippen LogP contribution in [-0.2, 0) is 4.79 Å². The number of thiophene rings is 1. The third-order valence-electron chi connectivity index (χ3n) is 3.91. The van der Waals surface area contributed by atoms with Crippen LogP contribution >= 0.6 is 22.7 Å². The van der Waals surface area contributed by atoms with E-state index in [1.807, 2.05) is 29.9 Å². The van der Waals surface area contributed by atoms with Gasteiger partial charge in [-0.2, -0.15) is 11.3 Å². The van der Waals surface area contributed by atoms with Crippen molar-refractivity contribution in [2.75, 3.05) is 5.32 Å². The number of nitrogens with zero attached hydrogens (tertiary/aromatic N) is 3. The SMILES string of the molecule is O=C(C[C@@H](c1ccsc1)n1cccc1)Nc1nnc(C2CC2)s1. The molecule has 1 saturated carbocycles. The van der Waals surface area contributed by atoms with Crippen LogP contribution in [0.5, 0.6) is 0 Å². The molecule has 7 heteroatoms. The van der Waals surface area contributed by atoms with Gasteiger partial charge in [0.15, 0.2) is 0 Å². The largest absolute Gasteiger partial charge is 0.346 e. The van der Waals surface area contributed by atoms with E-state index < -0.39 is 0 Å². The van der Waals surface area contributed by atoms with Gasteiger partial charge >= 0.3 is 0 Å². The van der Waals surface area contributed by atoms with Crippen LogP contribution in [0, 0.1) is 0 Å². The summed E-state index contributed by atoms with van der Waals surface area (Å²) in [6.07, 6.45) is 6.74. The van der Waals surface area contributed by atoms with Gasteiger partial charge in [0.1, 0.15) is 5.01 Å². The second-order valence-corrected chi connectivity index (χ2v) is 7.46. The zero-order chi connectivity index (χ0) is 15.6. The van der Waals surface area contributed by atoms with Crippen molar-refractivity contribution < 1.29 is 4.79 Å². The normalized spacial score (nSPS) is 15.5. The molecule has 5 nitrogen and oxygen atoms in total. The second-order valence-electron chi connectivity index (χ2n) is 5.67. The molecule has 3 aromatic rings. The van der Waals surface area contributed by atoms with Crippen LogP contribution in [0.3, 0.4) is 0 Å². The van der Waals surface area contributed by atoms with Crippen molar-refractivity contribution in [3.8, 4) is 0 Å². The molecule has 1 aliphatic carbocycles. The number of carbonyl (C=O) groups excluding carboxylic acids is 1.